The van der Waals surface area contributed by atoms with Gasteiger partial charge >= 0.3 is 18.1 Å². The number of nitrogens with one attached hydrogen (secondary N) is 7. The molecule has 3 saturated heterocycles. The van der Waals surface area contributed by atoms with Gasteiger partial charge in [0, 0.05) is 68.9 Å². The van der Waals surface area contributed by atoms with Crippen molar-refractivity contribution in [2.45, 2.75) is 217 Å². The molecule has 1 saturated carbocycles. The zero-order chi connectivity index (χ0) is 64.1. The Bertz CT molecular complexity index is 2720. The molecule has 1 aromatic rings. The Balaban J connectivity index is 0.881. The van der Waals surface area contributed by atoms with E-state index in [2.05, 4.69) is 50.2 Å². The van der Waals surface area contributed by atoms with Crippen LogP contribution in [-0.2, 0) is 68.6 Å². The number of ether oxygens (including phenoxy) is 5. The molecule has 0 unspecified atom stereocenters. The van der Waals surface area contributed by atoms with Crippen molar-refractivity contribution >= 4 is 65.1 Å². The fourth-order valence-corrected chi connectivity index (χ4v) is 11.2. The Hall–Kier alpha value is -7.48. The summed E-state index contributed by atoms with van der Waals surface area (Å²) in [6.45, 7) is 13.2. The summed E-state index contributed by atoms with van der Waals surface area (Å²) in [5.74, 6) is -3.28. The van der Waals surface area contributed by atoms with Crippen LogP contribution in [0.25, 0.3) is 0 Å². The predicted molar refractivity (Wildman–Crippen MR) is 323 cm³/mol. The minimum Gasteiger partial charge on any atom is -0.459 e. The fourth-order valence-electron chi connectivity index (χ4n) is 11.2. The largest absolute Gasteiger partial charge is 0.459 e. The number of imide groups is 1. The molecule has 4 fully saturated rings. The van der Waals surface area contributed by atoms with Crippen LogP contribution >= 0.6 is 0 Å². The number of alkyl carbamates (subject to hydrolysis) is 1. The summed E-state index contributed by atoms with van der Waals surface area (Å²) in [6, 6.07) is 3.40. The molecular formula is C63H91N9O16. The Morgan fingerprint density at radius 3 is 2.17 bits per heavy atom. The zero-order valence-corrected chi connectivity index (χ0v) is 51.7. The van der Waals surface area contributed by atoms with E-state index in [1.54, 1.807) is 45.0 Å². The van der Waals surface area contributed by atoms with Crippen LogP contribution in [0.2, 0.25) is 0 Å². The van der Waals surface area contributed by atoms with Gasteiger partial charge in [-0.2, -0.15) is 0 Å². The first-order valence-electron chi connectivity index (χ1n) is 30.8. The second-order valence-corrected chi connectivity index (χ2v) is 24.1. The monoisotopic (exact) mass is 1230 g/mol. The number of urea groups is 1. The van der Waals surface area contributed by atoms with Crippen LogP contribution in [0.1, 0.15) is 144 Å². The van der Waals surface area contributed by atoms with E-state index in [0.717, 1.165) is 16.9 Å². The van der Waals surface area contributed by atoms with Crippen molar-refractivity contribution in [1.82, 2.24) is 36.8 Å². The molecule has 0 aromatic heterocycles. The first-order valence-corrected chi connectivity index (χ1v) is 30.8. The van der Waals surface area contributed by atoms with Crippen molar-refractivity contribution in [2.24, 2.45) is 17.6 Å². The number of rotatable bonds is 30. The van der Waals surface area contributed by atoms with Crippen LogP contribution in [0, 0.1) is 11.8 Å². The quantitative estimate of drug-likeness (QED) is 0.0130. The zero-order valence-electron chi connectivity index (χ0n) is 51.7. The van der Waals surface area contributed by atoms with E-state index in [9.17, 15) is 53.1 Å². The van der Waals surface area contributed by atoms with Crippen molar-refractivity contribution in [2.75, 3.05) is 25.0 Å². The van der Waals surface area contributed by atoms with E-state index >= 15 is 0 Å². The minimum absolute atomic E-state index is 0.0564. The van der Waals surface area contributed by atoms with E-state index in [1.165, 1.54) is 31.2 Å². The number of carbonyl (C=O) groups excluding carboxylic acids is 10. The minimum atomic E-state index is -1.06. The third-order valence-corrected chi connectivity index (χ3v) is 16.4. The average Bonchev–Trinajstić information content (AvgIpc) is 1.69. The number of epoxide rings is 1. The standard InChI is InChI=1S/C63H91N9O16/c1-37(2)57(71-52(74)13-9-8-10-31-72-55(77)28-29-56(72)78)60(81)70-48(12-11-30-65-61(64)82)59(80)67-45-19-17-43(18-20-45)35-84-62(83)68-46-23-21-44(22-24-46)66-54(76)33-47-34-63(36-85-63)58(79)51(88-47)26-15-38(3)14-25-50-39(4)32-49(41(6)87-50)69-53(75)27-16-40(5)86-42(7)73/h14-20,26-29,37,39-41,44,46-51,57-58,79H,8-13,21-25,30-36H2,1-7H3,(H,66,76)(H,67,80)(H,68,83)(H,69,75)(H,70,81)(H,71,74)(H3,64,65,82)/b26-15+,27-16-,38-14+/t39-,40-,41+,44?,46?,47+,48-,49+,50-,51+,57-,58+,63+/m0/s1. The van der Waals surface area contributed by atoms with Gasteiger partial charge in [-0.25, -0.2) is 9.59 Å². The number of esters is 1. The van der Waals surface area contributed by atoms with Gasteiger partial charge in [-0.05, 0) is 121 Å². The van der Waals surface area contributed by atoms with Gasteiger partial charge in [-0.3, -0.25) is 43.3 Å². The number of aliphatic hydroxyl groups is 1. The lowest BCUT2D eigenvalue weighted by atomic mass is 9.87. The van der Waals surface area contributed by atoms with E-state index in [-0.39, 0.29) is 117 Å². The molecule has 25 nitrogen and oxygen atoms in total. The third kappa shape index (κ3) is 22.6. The average molecular weight is 1230 g/mol. The molecule has 10 N–H and O–H groups in total. The predicted octanol–water partition coefficient (Wildman–Crippen LogP) is 4.21. The molecule has 484 valence electrons. The van der Waals surface area contributed by atoms with E-state index < -0.39 is 72.0 Å². The number of aliphatic hydroxyl groups excluding tert-OH is 1. The highest BCUT2D eigenvalue weighted by Gasteiger charge is 2.58. The van der Waals surface area contributed by atoms with E-state index in [0.29, 0.717) is 75.6 Å². The van der Waals surface area contributed by atoms with Crippen molar-refractivity contribution in [1.29, 1.82) is 0 Å². The summed E-state index contributed by atoms with van der Waals surface area (Å²) in [7, 11) is 0. The number of hydrogen-bond acceptors (Lipinski definition) is 16. The van der Waals surface area contributed by atoms with Crippen LogP contribution in [0.5, 0.6) is 0 Å². The Morgan fingerprint density at radius 1 is 0.841 bits per heavy atom. The molecule has 1 spiro atoms. The summed E-state index contributed by atoms with van der Waals surface area (Å²) in [5, 5.41) is 31.1. The SMILES string of the molecule is CC(=O)O[C@@H](C)/C=C\C(=O)N[C@@H]1C[C@H](C)[C@H](C/C=C(C)/C=C/[C@H]2O[C@H](CC(=O)NC3CCC(NC(=O)OCc4ccc(NC(=O)[C@H](CCCNC(N)=O)NC(=O)[C@@H](NC(=O)CCCCCN5C(=O)C=CC5=O)C(C)C)cc4)CC3)C[C@@]3(CO3)[C@@H]2O)O[C@@H]1C. The number of nitrogens with zero attached hydrogens (tertiary/aromatic N) is 1. The van der Waals surface area contributed by atoms with Gasteiger partial charge in [0.15, 0.2) is 0 Å². The molecule has 4 aliphatic heterocycles. The maximum atomic E-state index is 13.7. The van der Waals surface area contributed by atoms with E-state index in [1.807, 2.05) is 26.0 Å². The number of anilines is 1. The number of hydrogen-bond donors (Lipinski definition) is 9. The number of allylic oxidation sites excluding steroid dienone is 2. The van der Waals surface area contributed by atoms with Gasteiger partial charge in [0.25, 0.3) is 11.8 Å². The van der Waals surface area contributed by atoms with Gasteiger partial charge < -0.3 is 71.7 Å². The van der Waals surface area contributed by atoms with Gasteiger partial charge in [0.1, 0.15) is 42.6 Å². The summed E-state index contributed by atoms with van der Waals surface area (Å²) in [6.07, 6.45) is 14.1. The lowest BCUT2D eigenvalue weighted by Crippen LogP contribution is -2.54. The second kappa shape index (κ2) is 33.8. The van der Waals surface area contributed by atoms with E-state index in [4.69, 9.17) is 29.4 Å². The lowest BCUT2D eigenvalue weighted by Gasteiger charge is -2.39. The van der Waals surface area contributed by atoms with Gasteiger partial charge in [-0.15, -0.1) is 0 Å². The van der Waals surface area contributed by atoms with Gasteiger partial charge in [0.05, 0.1) is 37.4 Å². The molecule has 25 heteroatoms. The first-order chi connectivity index (χ1) is 41.9. The number of amides is 10. The van der Waals surface area contributed by atoms with Crippen LogP contribution < -0.4 is 43.0 Å². The van der Waals surface area contributed by atoms with Crippen molar-refractivity contribution in [3.63, 3.8) is 0 Å². The molecule has 4 heterocycles. The summed E-state index contributed by atoms with van der Waals surface area (Å²) in [5.41, 5.74) is 6.44. The van der Waals surface area contributed by atoms with Crippen molar-refractivity contribution < 1.29 is 76.7 Å². The molecule has 1 aliphatic carbocycles. The van der Waals surface area contributed by atoms with Crippen LogP contribution in [0.4, 0.5) is 15.3 Å². The molecular weight excluding hydrogens is 1140 g/mol. The highest BCUT2D eigenvalue weighted by Crippen LogP contribution is 2.43. The molecule has 5 aliphatic rings. The number of unbranched alkanes of at least 4 members (excludes halogenated alkanes) is 2. The summed E-state index contributed by atoms with van der Waals surface area (Å²) < 4.78 is 29.0. The summed E-state index contributed by atoms with van der Waals surface area (Å²) >= 11 is 0. The topological polar surface area (TPSA) is 354 Å². The Morgan fingerprint density at radius 2 is 1.52 bits per heavy atom. The highest BCUT2D eigenvalue weighted by molar-refractivity contribution is 6.12. The molecule has 0 bridgehead atoms. The second-order valence-electron chi connectivity index (χ2n) is 24.1. The molecule has 10 amide bonds. The normalized spacial score (nSPS) is 26.3. The lowest BCUT2D eigenvalue weighted by molar-refractivity contribution is -0.146. The van der Waals surface area contributed by atoms with Gasteiger partial charge in [-0.1, -0.05) is 63.1 Å². The number of primary amides is 1. The first kappa shape index (κ1) is 69.6. The highest BCUT2D eigenvalue weighted by atomic mass is 16.6. The molecule has 1 aromatic carbocycles. The maximum absolute atomic E-state index is 13.7. The Kier molecular flexibility index (Phi) is 26.7. The van der Waals surface area contributed by atoms with Crippen LogP contribution in [-0.4, -0.2) is 162 Å². The molecule has 0 radical (unpaired) electrons. The fraction of sp³-hybridized carbons (Fsp3) is 0.619. The molecule has 11 atom stereocenters. The van der Waals surface area contributed by atoms with Crippen LogP contribution in [0.15, 0.2) is 72.4 Å². The molecule has 88 heavy (non-hydrogen) atoms. The van der Waals surface area contributed by atoms with Crippen molar-refractivity contribution in [3.05, 3.63) is 77.9 Å². The van der Waals surface area contributed by atoms with Crippen LogP contribution in [0.3, 0.4) is 0 Å². The number of nitrogens with two attached hydrogens (primary N) is 1. The Labute approximate surface area is 514 Å². The van der Waals surface area contributed by atoms with Gasteiger partial charge in [0.2, 0.25) is 29.5 Å². The summed E-state index contributed by atoms with van der Waals surface area (Å²) in [4.78, 5) is 126. The maximum Gasteiger partial charge on any atom is 0.407 e. The molecule has 6 rings (SSSR count). The van der Waals surface area contributed by atoms with Crippen molar-refractivity contribution in [3.8, 4) is 0 Å². The number of carbonyl (C=O) groups is 10. The number of benzene rings is 1. The third-order valence-electron chi connectivity index (χ3n) is 16.4. The smallest absolute Gasteiger partial charge is 0.407 e.